The average Bonchev–Trinajstić information content (AvgIpc) is 3.52. The lowest BCUT2D eigenvalue weighted by Gasteiger charge is -2.36. The van der Waals surface area contributed by atoms with Crippen molar-refractivity contribution in [1.82, 2.24) is 37.2 Å². The van der Waals surface area contributed by atoms with Crippen LogP contribution in [0.15, 0.2) is 182 Å². The van der Waals surface area contributed by atoms with Crippen molar-refractivity contribution in [2.75, 3.05) is 37.7 Å². The van der Waals surface area contributed by atoms with Crippen LogP contribution in [-0.2, 0) is 56.2 Å². The van der Waals surface area contributed by atoms with Gasteiger partial charge in [0, 0.05) is 23.6 Å². The van der Waals surface area contributed by atoms with Crippen LogP contribution in [0.1, 0.15) is 57.4 Å². The molecule has 81 heavy (non-hydrogen) atoms. The van der Waals surface area contributed by atoms with Crippen LogP contribution in [0, 0.1) is 0 Å². The topological polar surface area (TPSA) is 277 Å². The number of unbranched alkanes of at least 4 members (excludes halogenated alkanes) is 1. The number of carboxylic acids is 1. The van der Waals surface area contributed by atoms with Crippen LogP contribution in [0.25, 0.3) is 0 Å². The van der Waals surface area contributed by atoms with E-state index in [2.05, 4.69) is 37.2 Å². The maximum atomic E-state index is 14.3. The Balaban J connectivity index is 1.10. The van der Waals surface area contributed by atoms with E-state index in [0.717, 1.165) is 22.3 Å². The summed E-state index contributed by atoms with van der Waals surface area (Å²) in [5.41, 5.74) is 4.56. The van der Waals surface area contributed by atoms with Gasteiger partial charge in [-0.1, -0.05) is 194 Å². The third-order valence-corrected chi connectivity index (χ3v) is 14.8. The first-order chi connectivity index (χ1) is 39.3. The van der Waals surface area contributed by atoms with Crippen molar-refractivity contribution in [1.29, 1.82) is 0 Å². The normalized spacial score (nSPS) is 12.0. The molecule has 0 heterocycles. The van der Waals surface area contributed by atoms with Gasteiger partial charge in [0.1, 0.15) is 31.3 Å². The number of hydrogen-bond donors (Lipinski definition) is 8. The zero-order chi connectivity index (χ0) is 57.7. The summed E-state index contributed by atoms with van der Waals surface area (Å²) in [7, 11) is 0. The van der Waals surface area contributed by atoms with Crippen molar-refractivity contribution < 1.29 is 57.7 Å². The number of alkyl carbamates (subject to hydrolysis) is 2. The Hall–Kier alpha value is -8.95. The zero-order valence-corrected chi connectivity index (χ0v) is 45.7. The fourth-order valence-electron chi connectivity index (χ4n) is 8.08. The first-order valence-electron chi connectivity index (χ1n) is 25.9. The molecule has 21 heteroatoms. The number of aliphatic carboxylic acids is 1. The molecule has 6 rings (SSSR count). The van der Waals surface area contributed by atoms with Gasteiger partial charge in [-0.15, -0.1) is 11.8 Å². The van der Waals surface area contributed by atoms with Gasteiger partial charge in [0.05, 0.1) is 24.4 Å². The molecule has 8 N–H and O–H groups in total. The fourth-order valence-corrected chi connectivity index (χ4v) is 10.5. The van der Waals surface area contributed by atoms with Crippen LogP contribution in [0.4, 0.5) is 9.59 Å². The van der Waals surface area contributed by atoms with E-state index in [1.165, 1.54) is 11.8 Å². The van der Waals surface area contributed by atoms with Crippen LogP contribution in [-0.4, -0.2) is 114 Å². The van der Waals surface area contributed by atoms with Crippen LogP contribution in [0.3, 0.4) is 0 Å². The quantitative estimate of drug-likeness (QED) is 0.0188. The third-order valence-electron chi connectivity index (χ3n) is 12.2. The average molecular weight is 1140 g/mol. The summed E-state index contributed by atoms with van der Waals surface area (Å²) < 4.78 is 9.91. The molecule has 6 aromatic carbocycles. The molecule has 19 nitrogen and oxygen atoms in total. The van der Waals surface area contributed by atoms with Gasteiger partial charge in [0.25, 0.3) is 0 Å². The van der Waals surface area contributed by atoms with Gasteiger partial charge in [-0.05, 0) is 47.1 Å². The van der Waals surface area contributed by atoms with Crippen LogP contribution >= 0.6 is 23.5 Å². The number of carbonyl (C=O) groups is 9. The second kappa shape index (κ2) is 32.8. The van der Waals surface area contributed by atoms with Crippen molar-refractivity contribution in [3.8, 4) is 0 Å². The van der Waals surface area contributed by atoms with E-state index in [1.54, 1.807) is 54.6 Å². The van der Waals surface area contributed by atoms with Gasteiger partial charge in [0.15, 0.2) is 0 Å². The number of carboxylic acid groups (broad SMARTS) is 1. The third kappa shape index (κ3) is 20.3. The van der Waals surface area contributed by atoms with Crippen molar-refractivity contribution in [2.45, 2.75) is 55.3 Å². The van der Waals surface area contributed by atoms with Crippen molar-refractivity contribution >= 4 is 76.3 Å². The van der Waals surface area contributed by atoms with Gasteiger partial charge < -0.3 is 51.8 Å². The lowest BCUT2D eigenvalue weighted by Crippen LogP contribution is -2.54. The Bertz CT molecular complexity index is 2910. The highest BCUT2D eigenvalue weighted by molar-refractivity contribution is 8.14. The number of nitrogens with one attached hydrogen (secondary N) is 7. The molecule has 0 aromatic heterocycles. The second-order valence-corrected chi connectivity index (χ2v) is 20.3. The predicted octanol–water partition coefficient (Wildman–Crippen LogP) is 6.08. The first kappa shape index (κ1) is 61.3. The zero-order valence-electron chi connectivity index (χ0n) is 44.1. The van der Waals surface area contributed by atoms with Crippen molar-refractivity contribution in [2.24, 2.45) is 0 Å². The minimum Gasteiger partial charge on any atom is -0.480 e. The summed E-state index contributed by atoms with van der Waals surface area (Å²) in [6.45, 7) is -1.84. The maximum Gasteiger partial charge on any atom is 0.408 e. The molecule has 6 aromatic rings. The summed E-state index contributed by atoms with van der Waals surface area (Å²) in [4.78, 5) is 118. The van der Waals surface area contributed by atoms with E-state index in [0.29, 0.717) is 29.3 Å². The molecule has 0 fully saturated rings. The highest BCUT2D eigenvalue weighted by Crippen LogP contribution is 2.48. The number of hydrogen-bond acceptors (Lipinski definition) is 13. The monoisotopic (exact) mass is 1140 g/mol. The predicted molar refractivity (Wildman–Crippen MR) is 307 cm³/mol. The van der Waals surface area contributed by atoms with Gasteiger partial charge >= 0.3 is 18.2 Å². The molecule has 0 spiro atoms. The highest BCUT2D eigenvalue weighted by Gasteiger charge is 2.39. The fraction of sp³-hybridized carbons (Fsp3) is 0.250. The summed E-state index contributed by atoms with van der Waals surface area (Å²) in [5.74, 6) is -5.75. The molecule has 0 radical (unpaired) electrons. The molecule has 0 saturated carbocycles. The van der Waals surface area contributed by atoms with Crippen LogP contribution < -0.4 is 37.2 Å². The van der Waals surface area contributed by atoms with Gasteiger partial charge in [0.2, 0.25) is 34.7 Å². The molecule has 7 amide bonds. The van der Waals surface area contributed by atoms with Crippen LogP contribution in [0.2, 0.25) is 0 Å². The lowest BCUT2D eigenvalue weighted by atomic mass is 9.84. The molecule has 0 aliphatic carbocycles. The number of thioether (sulfide) groups is 2. The molecule has 422 valence electrons. The number of amides is 7. The van der Waals surface area contributed by atoms with Gasteiger partial charge in [-0.2, -0.15) is 0 Å². The van der Waals surface area contributed by atoms with Gasteiger partial charge in [-0.25, -0.2) is 14.4 Å². The maximum absolute atomic E-state index is 14.3. The Labute approximate surface area is 477 Å². The molecular weight excluding hydrogens is 1070 g/mol. The smallest absolute Gasteiger partial charge is 0.408 e. The van der Waals surface area contributed by atoms with Crippen molar-refractivity contribution in [3.63, 3.8) is 0 Å². The second-order valence-electron chi connectivity index (χ2n) is 18.1. The molecule has 0 bridgehead atoms. The molecule has 0 aliphatic rings. The van der Waals surface area contributed by atoms with E-state index in [4.69, 9.17) is 9.47 Å². The largest absolute Gasteiger partial charge is 0.480 e. The highest BCUT2D eigenvalue weighted by atomic mass is 32.2. The number of ether oxygens (including phenoxy) is 2. The standard InChI is InChI=1S/C60H63N7O12S2/c68-51(62-36-52(69)66-50(56(73)74)40-80-57(75)44-25-11-3-12-26-44)35-63-54(71)48(33-19-20-34-61-58(76)78-38-42-21-7-1-8-22-42)65-53(70)37-64-55(72)49(67-59(77)79-39-43-23-9-2-10-24-43)41-81-60(45-27-13-4-14-28-45,46-29-15-5-16-30-46)47-31-17-6-18-32-47/h1-18,21-32,48-50H,19-20,33-41H2,(H,61,76)(H,62,68)(H,63,71)(H,64,72)(H,65,70)(H,66,69)(H,67,77)(H,73,74). The lowest BCUT2D eigenvalue weighted by molar-refractivity contribution is -0.141. The molecular formula is C60H63N7O12S2. The number of rotatable bonds is 30. The molecule has 3 unspecified atom stereocenters. The van der Waals surface area contributed by atoms with E-state index < -0.39 is 95.3 Å². The summed E-state index contributed by atoms with van der Waals surface area (Å²) in [5, 5.41) is 26.9. The number of carbonyl (C=O) groups excluding carboxylic acids is 8. The Morgan fingerprint density at radius 1 is 0.444 bits per heavy atom. The van der Waals surface area contributed by atoms with E-state index >= 15 is 0 Å². The van der Waals surface area contributed by atoms with Crippen molar-refractivity contribution in [3.05, 3.63) is 215 Å². The van der Waals surface area contributed by atoms with E-state index in [1.807, 2.05) is 127 Å². The Morgan fingerprint density at radius 2 is 0.877 bits per heavy atom. The molecule has 3 atom stereocenters. The SMILES string of the molecule is O=C(CNC(=O)C(CCCCNC(=O)OCc1ccccc1)NC(=O)CNC(=O)C(CSC(c1ccccc1)(c1ccccc1)c1ccccc1)NC(=O)OCc1ccccc1)NCC(=O)NC(CSC(=O)c1ccccc1)C(=O)O. The Kier molecular flexibility index (Phi) is 24.8. The van der Waals surface area contributed by atoms with E-state index in [-0.39, 0.29) is 44.1 Å². The Morgan fingerprint density at radius 3 is 1.38 bits per heavy atom. The summed E-state index contributed by atoms with van der Waals surface area (Å²) in [6, 6.07) is 51.4. The van der Waals surface area contributed by atoms with Crippen LogP contribution in [0.5, 0.6) is 0 Å². The molecule has 0 saturated heterocycles. The first-order valence-corrected chi connectivity index (χ1v) is 27.9. The molecule has 0 aliphatic heterocycles. The number of benzene rings is 6. The van der Waals surface area contributed by atoms with E-state index in [9.17, 15) is 48.3 Å². The van der Waals surface area contributed by atoms with Gasteiger partial charge in [-0.3, -0.25) is 28.8 Å². The minimum atomic E-state index is -1.46. The summed E-state index contributed by atoms with van der Waals surface area (Å²) in [6.07, 6.45) is -0.925. The minimum absolute atomic E-state index is 0.00622. The summed E-state index contributed by atoms with van der Waals surface area (Å²) >= 11 is 2.10.